The number of aromatic nitrogens is 2. The molecule has 0 atom stereocenters. The fourth-order valence-corrected chi connectivity index (χ4v) is 4.68. The van der Waals surface area contributed by atoms with Gasteiger partial charge in [-0.1, -0.05) is 42.8 Å². The van der Waals surface area contributed by atoms with Crippen molar-refractivity contribution in [3.8, 4) is 5.69 Å². The summed E-state index contributed by atoms with van der Waals surface area (Å²) < 4.78 is 16.0. The van der Waals surface area contributed by atoms with E-state index in [2.05, 4.69) is 41.7 Å². The van der Waals surface area contributed by atoms with Gasteiger partial charge in [0.25, 0.3) is 0 Å². The summed E-state index contributed by atoms with van der Waals surface area (Å²) in [6.45, 7) is 10.6. The summed E-state index contributed by atoms with van der Waals surface area (Å²) in [5.74, 6) is 0.823. The molecule has 0 amide bonds. The van der Waals surface area contributed by atoms with Gasteiger partial charge in [-0.15, -0.1) is 0 Å². The summed E-state index contributed by atoms with van der Waals surface area (Å²) in [5.41, 5.74) is 4.06. The Kier molecular flexibility index (Phi) is 7.68. The Hall–Kier alpha value is -2.41. The normalized spacial score (nSPS) is 14.9. The van der Waals surface area contributed by atoms with Crippen LogP contribution in [0.5, 0.6) is 0 Å². The minimum atomic E-state index is -0.252. The molecule has 0 bridgehead atoms. The number of hydrogen-bond acceptors (Lipinski definition) is 4. The van der Waals surface area contributed by atoms with Gasteiger partial charge in [0.05, 0.1) is 11.4 Å². The van der Waals surface area contributed by atoms with Crippen molar-refractivity contribution in [2.75, 3.05) is 44.7 Å². The molecule has 1 fully saturated rings. The number of benzene rings is 2. The molecular weight excluding hydrogens is 437 g/mol. The second-order valence-corrected chi connectivity index (χ2v) is 9.28. The Morgan fingerprint density at radius 1 is 1.03 bits per heavy atom. The average Bonchev–Trinajstić information content (AvgIpc) is 3.12. The van der Waals surface area contributed by atoms with Crippen LogP contribution in [-0.2, 0) is 13.1 Å². The highest BCUT2D eigenvalue weighted by atomic mass is 35.5. The summed E-state index contributed by atoms with van der Waals surface area (Å²) in [5, 5.41) is 5.69. The Bertz CT molecular complexity index is 1070. The first-order valence-electron chi connectivity index (χ1n) is 11.7. The third kappa shape index (κ3) is 5.57. The van der Waals surface area contributed by atoms with Crippen molar-refractivity contribution in [3.05, 3.63) is 76.2 Å². The molecule has 7 heteroatoms. The molecule has 0 N–H and O–H groups in total. The number of nitrogens with zero attached hydrogens (tertiary/aromatic N) is 5. The second kappa shape index (κ2) is 10.7. The van der Waals surface area contributed by atoms with Crippen LogP contribution < -0.4 is 4.90 Å². The fourth-order valence-electron chi connectivity index (χ4n) is 4.48. The number of aryl methyl sites for hydroxylation is 1. The molecular formula is C26H33ClFN5. The summed E-state index contributed by atoms with van der Waals surface area (Å²) >= 11 is 6.48. The Labute approximate surface area is 201 Å². The molecule has 176 valence electrons. The van der Waals surface area contributed by atoms with Crippen molar-refractivity contribution in [3.63, 3.8) is 0 Å². The first-order chi connectivity index (χ1) is 16.0. The highest BCUT2D eigenvalue weighted by Crippen LogP contribution is 2.30. The molecule has 1 saturated heterocycles. The first kappa shape index (κ1) is 23.7. The van der Waals surface area contributed by atoms with Crippen molar-refractivity contribution in [2.24, 2.45) is 0 Å². The molecule has 2 heterocycles. The van der Waals surface area contributed by atoms with Crippen molar-refractivity contribution in [1.82, 2.24) is 19.6 Å². The van der Waals surface area contributed by atoms with Gasteiger partial charge < -0.3 is 9.80 Å². The smallest absolute Gasteiger partial charge is 0.137 e. The van der Waals surface area contributed by atoms with E-state index in [0.717, 1.165) is 80.0 Å². The molecule has 3 aromatic rings. The summed E-state index contributed by atoms with van der Waals surface area (Å²) in [6, 6.07) is 14.7. The van der Waals surface area contributed by atoms with Gasteiger partial charge in [0.15, 0.2) is 0 Å². The van der Waals surface area contributed by atoms with E-state index in [1.165, 1.54) is 11.6 Å². The zero-order valence-corrected chi connectivity index (χ0v) is 20.5. The van der Waals surface area contributed by atoms with Gasteiger partial charge in [-0.3, -0.25) is 4.90 Å². The zero-order valence-electron chi connectivity index (χ0n) is 19.8. The van der Waals surface area contributed by atoms with E-state index >= 15 is 0 Å². The quantitative estimate of drug-likeness (QED) is 0.456. The standard InChI is InChI=1S/C26H33ClFN5/c1-4-12-31(18-21-8-5-6-11-25(21)27)19-24-20(2)29-33(23-10-7-9-22(28)17-23)26(24)32-15-13-30(3)14-16-32/h5-11,17H,4,12-16,18-19H2,1-3H3. The van der Waals surface area contributed by atoms with Gasteiger partial charge in [-0.25, -0.2) is 9.07 Å². The Morgan fingerprint density at radius 3 is 2.48 bits per heavy atom. The third-order valence-corrected chi connectivity index (χ3v) is 6.65. The van der Waals surface area contributed by atoms with E-state index in [1.54, 1.807) is 12.1 Å². The summed E-state index contributed by atoms with van der Waals surface area (Å²) in [4.78, 5) is 7.17. The molecule has 1 aliphatic heterocycles. The highest BCUT2D eigenvalue weighted by molar-refractivity contribution is 6.31. The zero-order chi connectivity index (χ0) is 23.4. The maximum Gasteiger partial charge on any atom is 0.137 e. The average molecular weight is 470 g/mol. The van der Waals surface area contributed by atoms with Gasteiger partial charge in [-0.05, 0) is 56.8 Å². The van der Waals surface area contributed by atoms with Crippen molar-refractivity contribution >= 4 is 17.4 Å². The van der Waals surface area contributed by atoms with Crippen molar-refractivity contribution in [2.45, 2.75) is 33.4 Å². The van der Waals surface area contributed by atoms with Gasteiger partial charge in [0.2, 0.25) is 0 Å². The first-order valence-corrected chi connectivity index (χ1v) is 12.1. The Balaban J connectivity index is 1.72. The van der Waals surface area contributed by atoms with Crippen LogP contribution in [0.2, 0.25) is 5.02 Å². The van der Waals surface area contributed by atoms with Crippen LogP contribution in [-0.4, -0.2) is 59.4 Å². The van der Waals surface area contributed by atoms with Crippen LogP contribution in [0.15, 0.2) is 48.5 Å². The number of anilines is 1. The lowest BCUT2D eigenvalue weighted by Crippen LogP contribution is -2.45. The lowest BCUT2D eigenvalue weighted by molar-refractivity contribution is 0.256. The predicted octanol–water partition coefficient (Wildman–Crippen LogP) is 5.14. The minimum absolute atomic E-state index is 0.252. The lowest BCUT2D eigenvalue weighted by Gasteiger charge is -2.35. The second-order valence-electron chi connectivity index (χ2n) is 8.87. The molecule has 0 spiro atoms. The van der Waals surface area contributed by atoms with Crippen LogP contribution >= 0.6 is 11.6 Å². The number of rotatable bonds is 8. The van der Waals surface area contributed by atoms with E-state index in [0.29, 0.717) is 0 Å². The van der Waals surface area contributed by atoms with E-state index in [9.17, 15) is 4.39 Å². The maximum atomic E-state index is 14.1. The van der Waals surface area contributed by atoms with Gasteiger partial charge in [-0.2, -0.15) is 5.10 Å². The third-order valence-electron chi connectivity index (χ3n) is 6.29. The van der Waals surface area contributed by atoms with E-state index in [4.69, 9.17) is 16.7 Å². The number of halogens is 2. The number of likely N-dealkylation sites (N-methyl/N-ethyl adjacent to an activating group) is 1. The van der Waals surface area contributed by atoms with Crippen molar-refractivity contribution < 1.29 is 4.39 Å². The van der Waals surface area contributed by atoms with E-state index in [1.807, 2.05) is 28.9 Å². The molecule has 0 aliphatic carbocycles. The molecule has 33 heavy (non-hydrogen) atoms. The van der Waals surface area contributed by atoms with E-state index < -0.39 is 0 Å². The molecule has 1 aliphatic rings. The fraction of sp³-hybridized carbons (Fsp3) is 0.423. The largest absolute Gasteiger partial charge is 0.354 e. The van der Waals surface area contributed by atoms with Crippen LogP contribution in [0.25, 0.3) is 5.69 Å². The van der Waals surface area contributed by atoms with Gasteiger partial charge in [0.1, 0.15) is 11.6 Å². The molecule has 0 saturated carbocycles. The molecule has 4 rings (SSSR count). The minimum Gasteiger partial charge on any atom is -0.354 e. The molecule has 0 unspecified atom stereocenters. The van der Waals surface area contributed by atoms with Crippen LogP contribution in [0.1, 0.15) is 30.2 Å². The molecule has 2 aromatic carbocycles. The monoisotopic (exact) mass is 469 g/mol. The molecule has 0 radical (unpaired) electrons. The molecule has 5 nitrogen and oxygen atoms in total. The summed E-state index contributed by atoms with van der Waals surface area (Å²) in [6.07, 6.45) is 1.05. The SMILES string of the molecule is CCCN(Cc1ccccc1Cl)Cc1c(C)nn(-c2cccc(F)c2)c1N1CCN(C)CC1. The topological polar surface area (TPSA) is 27.5 Å². The maximum absolute atomic E-state index is 14.1. The van der Waals surface area contributed by atoms with Gasteiger partial charge >= 0.3 is 0 Å². The van der Waals surface area contributed by atoms with Crippen LogP contribution in [0, 0.1) is 12.7 Å². The highest BCUT2D eigenvalue weighted by Gasteiger charge is 2.26. The van der Waals surface area contributed by atoms with Crippen LogP contribution in [0.3, 0.4) is 0 Å². The number of piperazine rings is 1. The van der Waals surface area contributed by atoms with Crippen LogP contribution in [0.4, 0.5) is 10.2 Å². The van der Waals surface area contributed by atoms with E-state index in [-0.39, 0.29) is 5.82 Å². The Morgan fingerprint density at radius 2 is 1.79 bits per heavy atom. The van der Waals surface area contributed by atoms with Gasteiger partial charge in [0, 0.05) is 49.9 Å². The summed E-state index contributed by atoms with van der Waals surface area (Å²) in [7, 11) is 2.15. The lowest BCUT2D eigenvalue weighted by atomic mass is 10.1. The number of hydrogen-bond donors (Lipinski definition) is 0. The van der Waals surface area contributed by atoms with Crippen molar-refractivity contribution in [1.29, 1.82) is 0 Å². The predicted molar refractivity (Wildman–Crippen MR) is 134 cm³/mol. The molecule has 1 aromatic heterocycles.